The molecule has 2 rings (SSSR count). The second kappa shape index (κ2) is 6.63. The zero-order valence-corrected chi connectivity index (χ0v) is 12.2. The van der Waals surface area contributed by atoms with E-state index in [-0.39, 0.29) is 12.6 Å². The van der Waals surface area contributed by atoms with Crippen LogP contribution in [-0.2, 0) is 17.6 Å². The highest BCUT2D eigenvalue weighted by atomic mass is 16.4. The smallest absolute Gasteiger partial charge is 0.323 e. The van der Waals surface area contributed by atoms with Crippen molar-refractivity contribution in [3.05, 3.63) is 11.4 Å². The molecule has 1 heterocycles. The van der Waals surface area contributed by atoms with Crippen LogP contribution in [0.15, 0.2) is 0 Å². The maximum Gasteiger partial charge on any atom is 0.323 e. The summed E-state index contributed by atoms with van der Waals surface area (Å²) in [6, 6.07) is 0.227. The molecule has 0 amide bonds. The van der Waals surface area contributed by atoms with Gasteiger partial charge in [-0.25, -0.2) is 4.98 Å². The van der Waals surface area contributed by atoms with E-state index in [4.69, 9.17) is 5.11 Å². The van der Waals surface area contributed by atoms with Crippen LogP contribution in [0, 0.1) is 0 Å². The third kappa shape index (κ3) is 3.23. The number of aromatic nitrogens is 3. The van der Waals surface area contributed by atoms with Gasteiger partial charge in [-0.05, 0) is 25.7 Å². The molecule has 110 valence electrons. The van der Waals surface area contributed by atoms with Crippen molar-refractivity contribution >= 4 is 11.9 Å². The monoisotopic (exact) mass is 278 g/mol. The molecule has 1 saturated carbocycles. The Morgan fingerprint density at radius 2 is 1.85 bits per heavy atom. The predicted octanol–water partition coefficient (Wildman–Crippen LogP) is 1.83. The van der Waals surface area contributed by atoms with Crippen LogP contribution >= 0.6 is 0 Å². The van der Waals surface area contributed by atoms with E-state index < -0.39 is 5.97 Å². The molecule has 1 aliphatic carbocycles. The first-order valence-corrected chi connectivity index (χ1v) is 7.36. The standard InChI is InChI=1S/C14H22N4O2/c1-3-11-12(4-2)16-17-14(15-11)18(9-13(19)20)10-7-5-6-8-10/h10H,3-9H2,1-2H3,(H,19,20). The van der Waals surface area contributed by atoms with Crippen molar-refractivity contribution in [1.82, 2.24) is 15.2 Å². The Kier molecular flexibility index (Phi) is 4.87. The number of aliphatic carboxylic acids is 1. The van der Waals surface area contributed by atoms with Crippen LogP contribution in [0.2, 0.25) is 0 Å². The molecule has 6 nitrogen and oxygen atoms in total. The molecule has 0 spiro atoms. The minimum Gasteiger partial charge on any atom is -0.480 e. The molecule has 20 heavy (non-hydrogen) atoms. The van der Waals surface area contributed by atoms with Crippen LogP contribution in [0.1, 0.15) is 50.9 Å². The van der Waals surface area contributed by atoms with E-state index in [9.17, 15) is 4.79 Å². The van der Waals surface area contributed by atoms with Crippen LogP contribution in [-0.4, -0.2) is 38.8 Å². The molecule has 0 saturated heterocycles. The minimum absolute atomic E-state index is 0.0546. The summed E-state index contributed by atoms with van der Waals surface area (Å²) >= 11 is 0. The van der Waals surface area contributed by atoms with Gasteiger partial charge < -0.3 is 10.0 Å². The average Bonchev–Trinajstić information content (AvgIpc) is 2.97. The molecule has 0 atom stereocenters. The first kappa shape index (κ1) is 14.7. The van der Waals surface area contributed by atoms with Crippen LogP contribution in [0.25, 0.3) is 0 Å². The Hall–Kier alpha value is -1.72. The predicted molar refractivity (Wildman–Crippen MR) is 75.8 cm³/mol. The number of anilines is 1. The zero-order chi connectivity index (χ0) is 14.5. The zero-order valence-electron chi connectivity index (χ0n) is 12.2. The van der Waals surface area contributed by atoms with Crippen LogP contribution in [0.3, 0.4) is 0 Å². The molecule has 0 bridgehead atoms. The fourth-order valence-corrected chi connectivity index (χ4v) is 2.77. The van der Waals surface area contributed by atoms with Gasteiger partial charge in [0, 0.05) is 6.04 Å². The van der Waals surface area contributed by atoms with Crippen molar-refractivity contribution < 1.29 is 9.90 Å². The molecule has 0 aromatic carbocycles. The molecule has 6 heteroatoms. The summed E-state index contributed by atoms with van der Waals surface area (Å²) < 4.78 is 0. The average molecular weight is 278 g/mol. The Morgan fingerprint density at radius 3 is 2.40 bits per heavy atom. The van der Waals surface area contributed by atoms with Gasteiger partial charge >= 0.3 is 5.97 Å². The maximum atomic E-state index is 11.1. The van der Waals surface area contributed by atoms with Crippen molar-refractivity contribution in [2.24, 2.45) is 0 Å². The van der Waals surface area contributed by atoms with E-state index in [1.54, 1.807) is 4.90 Å². The topological polar surface area (TPSA) is 79.2 Å². The second-order valence-electron chi connectivity index (χ2n) is 5.17. The highest BCUT2D eigenvalue weighted by Gasteiger charge is 2.27. The van der Waals surface area contributed by atoms with E-state index in [2.05, 4.69) is 15.2 Å². The summed E-state index contributed by atoms with van der Waals surface area (Å²) in [6.07, 6.45) is 5.88. The lowest BCUT2D eigenvalue weighted by molar-refractivity contribution is -0.135. The van der Waals surface area contributed by atoms with Gasteiger partial charge in [0.2, 0.25) is 5.95 Å². The van der Waals surface area contributed by atoms with E-state index in [1.807, 2.05) is 13.8 Å². The van der Waals surface area contributed by atoms with Gasteiger partial charge in [0.15, 0.2) is 0 Å². The first-order valence-electron chi connectivity index (χ1n) is 7.36. The quantitative estimate of drug-likeness (QED) is 0.855. The Labute approximate surface area is 119 Å². The van der Waals surface area contributed by atoms with Crippen LogP contribution in [0.4, 0.5) is 5.95 Å². The van der Waals surface area contributed by atoms with Crippen molar-refractivity contribution in [3.63, 3.8) is 0 Å². The van der Waals surface area contributed by atoms with E-state index in [1.165, 1.54) is 0 Å². The van der Waals surface area contributed by atoms with Gasteiger partial charge in [0.25, 0.3) is 0 Å². The minimum atomic E-state index is -0.849. The third-order valence-electron chi connectivity index (χ3n) is 3.83. The Morgan fingerprint density at radius 1 is 1.20 bits per heavy atom. The third-order valence-corrected chi connectivity index (χ3v) is 3.83. The molecule has 0 aliphatic heterocycles. The first-order chi connectivity index (χ1) is 9.65. The van der Waals surface area contributed by atoms with Crippen molar-refractivity contribution in [2.75, 3.05) is 11.4 Å². The number of hydrogen-bond acceptors (Lipinski definition) is 5. The SMILES string of the molecule is CCc1nnc(N(CC(=O)O)C2CCCC2)nc1CC. The second-order valence-corrected chi connectivity index (χ2v) is 5.17. The lowest BCUT2D eigenvalue weighted by Crippen LogP contribution is -2.39. The number of aryl methyl sites for hydroxylation is 2. The van der Waals surface area contributed by atoms with E-state index in [0.717, 1.165) is 49.9 Å². The summed E-state index contributed by atoms with van der Waals surface area (Å²) in [4.78, 5) is 17.5. The number of carboxylic acids is 1. The number of hydrogen-bond donors (Lipinski definition) is 1. The van der Waals surface area contributed by atoms with Gasteiger partial charge in [0.05, 0.1) is 11.4 Å². The molecule has 1 aromatic rings. The summed E-state index contributed by atoms with van der Waals surface area (Å²) in [6.45, 7) is 4.00. The number of nitrogens with zero attached hydrogens (tertiary/aromatic N) is 4. The van der Waals surface area contributed by atoms with Crippen molar-refractivity contribution in [2.45, 2.75) is 58.4 Å². The molecule has 0 unspecified atom stereocenters. The maximum absolute atomic E-state index is 11.1. The van der Waals surface area contributed by atoms with E-state index >= 15 is 0 Å². The normalized spacial score (nSPS) is 15.5. The molecular formula is C14H22N4O2. The summed E-state index contributed by atoms with van der Waals surface area (Å²) in [5, 5.41) is 17.5. The Bertz CT molecular complexity index is 472. The van der Waals surface area contributed by atoms with Crippen molar-refractivity contribution in [3.8, 4) is 0 Å². The molecule has 1 aromatic heterocycles. The fraction of sp³-hybridized carbons (Fsp3) is 0.714. The highest BCUT2D eigenvalue weighted by molar-refractivity contribution is 5.72. The van der Waals surface area contributed by atoms with Crippen LogP contribution in [0.5, 0.6) is 0 Å². The van der Waals surface area contributed by atoms with Gasteiger partial charge in [-0.15, -0.1) is 5.10 Å². The van der Waals surface area contributed by atoms with Gasteiger partial charge in [0.1, 0.15) is 6.54 Å². The number of rotatable bonds is 6. The van der Waals surface area contributed by atoms with Gasteiger partial charge in [-0.1, -0.05) is 26.7 Å². The largest absolute Gasteiger partial charge is 0.480 e. The van der Waals surface area contributed by atoms with Gasteiger partial charge in [-0.3, -0.25) is 4.79 Å². The molecule has 0 radical (unpaired) electrons. The highest BCUT2D eigenvalue weighted by Crippen LogP contribution is 2.26. The van der Waals surface area contributed by atoms with E-state index in [0.29, 0.717) is 5.95 Å². The summed E-state index contributed by atoms with van der Waals surface area (Å²) in [5.41, 5.74) is 1.82. The molecular weight excluding hydrogens is 256 g/mol. The Balaban J connectivity index is 2.29. The molecule has 1 fully saturated rings. The lowest BCUT2D eigenvalue weighted by Gasteiger charge is -2.27. The number of carbonyl (C=O) groups is 1. The van der Waals surface area contributed by atoms with Crippen molar-refractivity contribution in [1.29, 1.82) is 0 Å². The van der Waals surface area contributed by atoms with Crippen LogP contribution < -0.4 is 4.90 Å². The molecule has 1 aliphatic rings. The molecule has 1 N–H and O–H groups in total. The summed E-state index contributed by atoms with van der Waals surface area (Å²) in [5.74, 6) is -0.383. The van der Waals surface area contributed by atoms with Gasteiger partial charge in [-0.2, -0.15) is 5.10 Å². The summed E-state index contributed by atoms with van der Waals surface area (Å²) in [7, 11) is 0. The lowest BCUT2D eigenvalue weighted by atomic mass is 10.2. The fourth-order valence-electron chi connectivity index (χ4n) is 2.77. The number of carboxylic acid groups (broad SMARTS) is 1.